The van der Waals surface area contributed by atoms with Crippen LogP contribution in [0.2, 0.25) is 0 Å². The zero-order valence-corrected chi connectivity index (χ0v) is 17.0. The van der Waals surface area contributed by atoms with Gasteiger partial charge in [-0.05, 0) is 66.4 Å². The molecule has 0 unspecified atom stereocenters. The van der Waals surface area contributed by atoms with E-state index >= 15 is 0 Å². The fraction of sp³-hybridized carbons (Fsp3) is 0.174. The maximum Gasteiger partial charge on any atom is 0.175 e. The van der Waals surface area contributed by atoms with Crippen molar-refractivity contribution in [2.75, 3.05) is 11.3 Å². The molecule has 4 nitrogen and oxygen atoms in total. The van der Waals surface area contributed by atoms with Crippen LogP contribution in [0.25, 0.3) is 11.1 Å². The Hall–Kier alpha value is -2.92. The molecule has 1 heterocycles. The first-order chi connectivity index (χ1) is 13.3. The van der Waals surface area contributed by atoms with Gasteiger partial charge >= 0.3 is 0 Å². The molecule has 0 saturated carbocycles. The summed E-state index contributed by atoms with van der Waals surface area (Å²) in [4.78, 5) is 0.316. The van der Waals surface area contributed by atoms with Gasteiger partial charge in [-0.2, -0.15) is 5.10 Å². The Balaban J connectivity index is 1.61. The van der Waals surface area contributed by atoms with Gasteiger partial charge in [-0.25, -0.2) is 8.42 Å². The number of rotatable bonds is 3. The van der Waals surface area contributed by atoms with Gasteiger partial charge in [0, 0.05) is 11.8 Å². The molecule has 0 bridgehead atoms. The standard InChI is InChI=1S/C23H22N2O2S/c1-16-4-11-23(17(2)12-16)18-5-6-19-15-25(24-14-20(19)13-18)21-7-9-22(10-8-21)28(3,26)27/h4-14H,15H2,1-3H3. The number of fused-ring (bicyclic) bond motifs is 1. The van der Waals surface area contributed by atoms with E-state index in [1.165, 1.54) is 34.1 Å². The van der Waals surface area contributed by atoms with Crippen LogP contribution in [-0.2, 0) is 16.4 Å². The van der Waals surface area contributed by atoms with Crippen LogP contribution in [0, 0.1) is 13.8 Å². The molecule has 1 aliphatic heterocycles. The molecule has 1 aliphatic rings. The van der Waals surface area contributed by atoms with Gasteiger partial charge in [0.25, 0.3) is 0 Å². The number of sulfone groups is 1. The summed E-state index contributed by atoms with van der Waals surface area (Å²) in [5.74, 6) is 0. The van der Waals surface area contributed by atoms with E-state index < -0.39 is 9.84 Å². The van der Waals surface area contributed by atoms with Crippen molar-refractivity contribution in [3.63, 3.8) is 0 Å². The topological polar surface area (TPSA) is 49.7 Å². The Morgan fingerprint density at radius 3 is 2.36 bits per heavy atom. The summed E-state index contributed by atoms with van der Waals surface area (Å²) in [6.07, 6.45) is 3.08. The number of hydrogen-bond donors (Lipinski definition) is 0. The summed E-state index contributed by atoms with van der Waals surface area (Å²) in [6, 6.07) is 19.8. The number of anilines is 1. The molecule has 0 radical (unpaired) electrons. The molecule has 0 aromatic heterocycles. The molecule has 3 aromatic carbocycles. The predicted octanol–water partition coefficient (Wildman–Crippen LogP) is 4.73. The van der Waals surface area contributed by atoms with Crippen LogP contribution in [0.3, 0.4) is 0 Å². The lowest BCUT2D eigenvalue weighted by atomic mass is 9.95. The van der Waals surface area contributed by atoms with Gasteiger partial charge in [0.15, 0.2) is 9.84 Å². The van der Waals surface area contributed by atoms with Gasteiger partial charge < -0.3 is 0 Å². The lowest BCUT2D eigenvalue weighted by molar-refractivity contribution is 0.602. The second kappa shape index (κ2) is 6.91. The third-order valence-corrected chi connectivity index (χ3v) is 6.19. The average Bonchev–Trinajstić information content (AvgIpc) is 2.67. The van der Waals surface area contributed by atoms with Crippen LogP contribution in [0.15, 0.2) is 70.7 Å². The highest BCUT2D eigenvalue weighted by atomic mass is 32.2. The molecule has 0 N–H and O–H groups in total. The number of nitrogens with zero attached hydrogens (tertiary/aromatic N) is 2. The highest BCUT2D eigenvalue weighted by Crippen LogP contribution is 2.29. The maximum absolute atomic E-state index is 11.6. The number of aryl methyl sites for hydroxylation is 2. The Bertz CT molecular complexity index is 1180. The first kappa shape index (κ1) is 18.4. The van der Waals surface area contributed by atoms with Crippen LogP contribution in [0.4, 0.5) is 5.69 Å². The molecule has 0 fully saturated rings. The molecule has 4 rings (SSSR count). The molecule has 28 heavy (non-hydrogen) atoms. The molecule has 3 aromatic rings. The van der Waals surface area contributed by atoms with E-state index in [0.717, 1.165) is 11.3 Å². The molecule has 0 aliphatic carbocycles. The zero-order valence-electron chi connectivity index (χ0n) is 16.2. The van der Waals surface area contributed by atoms with Crippen molar-refractivity contribution >= 4 is 21.7 Å². The Morgan fingerprint density at radius 1 is 0.929 bits per heavy atom. The maximum atomic E-state index is 11.6. The highest BCUT2D eigenvalue weighted by molar-refractivity contribution is 7.90. The molecule has 0 saturated heterocycles. The van der Waals surface area contributed by atoms with E-state index in [1.807, 2.05) is 11.2 Å². The van der Waals surface area contributed by atoms with E-state index in [2.05, 4.69) is 55.3 Å². The van der Waals surface area contributed by atoms with Crippen molar-refractivity contribution in [3.8, 4) is 11.1 Å². The molecule has 0 atom stereocenters. The molecule has 0 spiro atoms. The van der Waals surface area contributed by atoms with Gasteiger partial charge in [-0.15, -0.1) is 0 Å². The van der Waals surface area contributed by atoms with Gasteiger partial charge in [-0.3, -0.25) is 5.01 Å². The van der Waals surface area contributed by atoms with Crippen LogP contribution < -0.4 is 5.01 Å². The molecule has 142 valence electrons. The van der Waals surface area contributed by atoms with Gasteiger partial charge in [-0.1, -0.05) is 35.9 Å². The van der Waals surface area contributed by atoms with Gasteiger partial charge in [0.1, 0.15) is 0 Å². The summed E-state index contributed by atoms with van der Waals surface area (Å²) >= 11 is 0. The third kappa shape index (κ3) is 3.58. The fourth-order valence-corrected chi connectivity index (χ4v) is 4.15. The molecular weight excluding hydrogens is 368 g/mol. The first-order valence-electron chi connectivity index (χ1n) is 9.13. The molecule has 0 amide bonds. The van der Waals surface area contributed by atoms with Crippen molar-refractivity contribution in [3.05, 3.63) is 82.9 Å². The van der Waals surface area contributed by atoms with E-state index in [4.69, 9.17) is 0 Å². The van der Waals surface area contributed by atoms with E-state index in [0.29, 0.717) is 11.4 Å². The minimum atomic E-state index is -3.19. The monoisotopic (exact) mass is 390 g/mol. The average molecular weight is 391 g/mol. The first-order valence-corrected chi connectivity index (χ1v) is 11.0. The van der Waals surface area contributed by atoms with Crippen LogP contribution >= 0.6 is 0 Å². The summed E-state index contributed by atoms with van der Waals surface area (Å²) in [5, 5.41) is 6.44. The number of hydrazone groups is 1. The summed E-state index contributed by atoms with van der Waals surface area (Å²) in [5.41, 5.74) is 8.12. The van der Waals surface area contributed by atoms with Crippen LogP contribution in [-0.4, -0.2) is 20.9 Å². The van der Waals surface area contributed by atoms with Crippen LogP contribution in [0.1, 0.15) is 22.3 Å². The normalized spacial score (nSPS) is 13.5. The molecule has 5 heteroatoms. The number of benzene rings is 3. The van der Waals surface area contributed by atoms with Crippen molar-refractivity contribution in [1.29, 1.82) is 0 Å². The summed E-state index contributed by atoms with van der Waals surface area (Å²) in [6.45, 7) is 4.89. The highest BCUT2D eigenvalue weighted by Gasteiger charge is 2.16. The van der Waals surface area contributed by atoms with E-state index in [-0.39, 0.29) is 0 Å². The summed E-state index contributed by atoms with van der Waals surface area (Å²) in [7, 11) is -3.19. The Labute approximate surface area is 166 Å². The minimum Gasteiger partial charge on any atom is -0.261 e. The van der Waals surface area contributed by atoms with Crippen molar-refractivity contribution in [2.24, 2.45) is 5.10 Å². The van der Waals surface area contributed by atoms with Gasteiger partial charge in [0.05, 0.1) is 23.3 Å². The smallest absolute Gasteiger partial charge is 0.175 e. The quantitative estimate of drug-likeness (QED) is 0.650. The largest absolute Gasteiger partial charge is 0.261 e. The van der Waals surface area contributed by atoms with E-state index in [1.54, 1.807) is 24.3 Å². The number of hydrogen-bond acceptors (Lipinski definition) is 4. The SMILES string of the molecule is Cc1ccc(-c2ccc3c(c2)C=NN(c2ccc(S(C)(=O)=O)cc2)C3)c(C)c1. The van der Waals surface area contributed by atoms with Crippen molar-refractivity contribution in [1.82, 2.24) is 0 Å². The Morgan fingerprint density at radius 2 is 1.68 bits per heavy atom. The van der Waals surface area contributed by atoms with Crippen LogP contribution in [0.5, 0.6) is 0 Å². The van der Waals surface area contributed by atoms with Crippen molar-refractivity contribution in [2.45, 2.75) is 25.3 Å². The fourth-order valence-electron chi connectivity index (χ4n) is 3.52. The zero-order chi connectivity index (χ0) is 19.9. The van der Waals surface area contributed by atoms with E-state index in [9.17, 15) is 8.42 Å². The summed E-state index contributed by atoms with van der Waals surface area (Å²) < 4.78 is 23.3. The lowest BCUT2D eigenvalue weighted by Gasteiger charge is -2.24. The Kier molecular flexibility index (Phi) is 4.55. The minimum absolute atomic E-state index is 0.316. The van der Waals surface area contributed by atoms with Gasteiger partial charge in [0.2, 0.25) is 0 Å². The lowest BCUT2D eigenvalue weighted by Crippen LogP contribution is -2.21. The van der Waals surface area contributed by atoms with Crippen molar-refractivity contribution < 1.29 is 8.42 Å². The second-order valence-electron chi connectivity index (χ2n) is 7.30. The molecular formula is C23H22N2O2S. The third-order valence-electron chi connectivity index (χ3n) is 5.06. The predicted molar refractivity (Wildman–Crippen MR) is 115 cm³/mol. The second-order valence-corrected chi connectivity index (χ2v) is 9.32.